The number of hydrogen-bond acceptors (Lipinski definition) is 5. The van der Waals surface area contributed by atoms with Gasteiger partial charge in [0.2, 0.25) is 5.91 Å². The maximum Gasteiger partial charge on any atom is 0.286 e. The molecule has 150 valence electrons. The number of thioether (sulfide) groups is 2. The second-order valence-electron chi connectivity index (χ2n) is 6.90. The smallest absolute Gasteiger partial charge is 0.286 e. The van der Waals surface area contributed by atoms with Crippen molar-refractivity contribution < 1.29 is 18.4 Å². The number of imide groups is 1. The van der Waals surface area contributed by atoms with Crippen molar-refractivity contribution in [3.63, 3.8) is 0 Å². The number of carbonyl (C=O) groups excluding carboxylic acids is 2. The van der Waals surface area contributed by atoms with Crippen LogP contribution < -0.4 is 5.32 Å². The molecule has 0 radical (unpaired) electrons. The van der Waals surface area contributed by atoms with E-state index in [1.807, 2.05) is 6.07 Å². The fourth-order valence-electron chi connectivity index (χ4n) is 3.11. The van der Waals surface area contributed by atoms with E-state index >= 15 is 0 Å². The SMILES string of the molecule is O=C1NC(=O)C(C/C=C/c2c(F)cc(-c3cccnc3SC3CCC3)cc2F)S1. The maximum absolute atomic E-state index is 14.7. The molecule has 1 saturated carbocycles. The molecule has 1 atom stereocenters. The first-order chi connectivity index (χ1) is 14.0. The van der Waals surface area contributed by atoms with Crippen LogP contribution in [0.4, 0.5) is 13.6 Å². The van der Waals surface area contributed by atoms with Gasteiger partial charge in [-0.2, -0.15) is 0 Å². The van der Waals surface area contributed by atoms with Gasteiger partial charge in [-0.25, -0.2) is 13.8 Å². The van der Waals surface area contributed by atoms with Crippen LogP contribution in [-0.4, -0.2) is 26.6 Å². The van der Waals surface area contributed by atoms with Crippen molar-refractivity contribution >= 4 is 40.7 Å². The zero-order valence-electron chi connectivity index (χ0n) is 15.4. The summed E-state index contributed by atoms with van der Waals surface area (Å²) in [5, 5.41) is 2.52. The molecule has 1 aromatic heterocycles. The van der Waals surface area contributed by atoms with Crippen LogP contribution in [-0.2, 0) is 4.79 Å². The highest BCUT2D eigenvalue weighted by Gasteiger charge is 2.30. The Bertz CT molecular complexity index is 969. The van der Waals surface area contributed by atoms with E-state index < -0.39 is 22.1 Å². The molecule has 2 amide bonds. The van der Waals surface area contributed by atoms with Crippen molar-refractivity contribution in [2.45, 2.75) is 41.2 Å². The molecule has 1 aliphatic carbocycles. The third-order valence-corrected chi connectivity index (χ3v) is 7.25. The van der Waals surface area contributed by atoms with E-state index in [9.17, 15) is 18.4 Å². The van der Waals surface area contributed by atoms with Crippen LogP contribution in [0.25, 0.3) is 17.2 Å². The predicted molar refractivity (Wildman–Crippen MR) is 112 cm³/mol. The molecule has 4 nitrogen and oxygen atoms in total. The molecular formula is C21H18F2N2O2S2. The van der Waals surface area contributed by atoms with Gasteiger partial charge in [-0.15, -0.1) is 11.8 Å². The Hall–Kier alpha value is -2.19. The number of nitrogens with zero attached hydrogens (tertiary/aromatic N) is 1. The van der Waals surface area contributed by atoms with Gasteiger partial charge in [0.05, 0.1) is 5.25 Å². The summed E-state index contributed by atoms with van der Waals surface area (Å²) in [5.41, 5.74) is 0.999. The third-order valence-electron chi connectivity index (χ3n) is 4.89. The lowest BCUT2D eigenvalue weighted by Gasteiger charge is -2.25. The quantitative estimate of drug-likeness (QED) is 0.660. The number of hydrogen-bond donors (Lipinski definition) is 1. The topological polar surface area (TPSA) is 59.1 Å². The lowest BCUT2D eigenvalue weighted by molar-refractivity contribution is -0.118. The van der Waals surface area contributed by atoms with Crippen LogP contribution in [0, 0.1) is 11.6 Å². The standard InChI is InChI=1S/C21H18F2N2O2S2/c22-16-10-12(14-7-3-9-24-20(14)28-13-4-1-5-13)11-17(23)15(16)6-2-8-18-19(26)25-21(27)29-18/h2-3,6-7,9-11,13,18H,1,4-5,8H2,(H,25,26,27)/b6-2+. The molecule has 1 saturated heterocycles. The van der Waals surface area contributed by atoms with Crippen LogP contribution in [0.15, 0.2) is 41.6 Å². The van der Waals surface area contributed by atoms with Crippen molar-refractivity contribution in [3.05, 3.63) is 53.7 Å². The van der Waals surface area contributed by atoms with Gasteiger partial charge >= 0.3 is 0 Å². The lowest BCUT2D eigenvalue weighted by atomic mass is 10.00. The van der Waals surface area contributed by atoms with Gasteiger partial charge in [0, 0.05) is 22.6 Å². The molecule has 8 heteroatoms. The highest BCUT2D eigenvalue weighted by molar-refractivity contribution is 8.15. The first-order valence-corrected chi connectivity index (χ1v) is 11.1. The van der Waals surface area contributed by atoms with E-state index in [-0.39, 0.29) is 17.9 Å². The van der Waals surface area contributed by atoms with Crippen LogP contribution in [0.5, 0.6) is 0 Å². The van der Waals surface area contributed by atoms with Gasteiger partial charge in [-0.3, -0.25) is 14.9 Å². The number of benzene rings is 1. The number of nitrogens with one attached hydrogen (secondary N) is 1. The summed E-state index contributed by atoms with van der Waals surface area (Å²) in [5.74, 6) is -1.74. The maximum atomic E-state index is 14.7. The van der Waals surface area contributed by atoms with E-state index in [0.717, 1.165) is 35.2 Å². The van der Waals surface area contributed by atoms with Gasteiger partial charge in [0.15, 0.2) is 0 Å². The van der Waals surface area contributed by atoms with Gasteiger partial charge in [-0.05, 0) is 43.0 Å². The molecule has 0 spiro atoms. The van der Waals surface area contributed by atoms with E-state index in [1.54, 1.807) is 24.0 Å². The van der Waals surface area contributed by atoms with E-state index in [0.29, 0.717) is 10.8 Å². The second-order valence-corrected chi connectivity index (χ2v) is 9.37. The monoisotopic (exact) mass is 432 g/mol. The van der Waals surface area contributed by atoms with E-state index in [1.165, 1.54) is 30.7 Å². The summed E-state index contributed by atoms with van der Waals surface area (Å²) in [4.78, 5) is 27.1. The molecule has 2 aliphatic rings. The molecule has 29 heavy (non-hydrogen) atoms. The third kappa shape index (κ3) is 4.53. The van der Waals surface area contributed by atoms with E-state index in [2.05, 4.69) is 10.3 Å². The van der Waals surface area contributed by atoms with Crippen molar-refractivity contribution in [2.75, 3.05) is 0 Å². The van der Waals surface area contributed by atoms with Gasteiger partial charge < -0.3 is 0 Å². The number of amides is 2. The Labute approximate surface area is 175 Å². The molecule has 1 aromatic carbocycles. The molecule has 2 fully saturated rings. The number of aromatic nitrogens is 1. The van der Waals surface area contributed by atoms with Crippen LogP contribution in [0.2, 0.25) is 0 Å². The molecule has 1 unspecified atom stereocenters. The average molecular weight is 433 g/mol. The zero-order valence-corrected chi connectivity index (χ0v) is 17.0. The Morgan fingerprint density at radius 1 is 1.24 bits per heavy atom. The zero-order chi connectivity index (χ0) is 20.4. The molecular weight excluding hydrogens is 414 g/mol. The summed E-state index contributed by atoms with van der Waals surface area (Å²) in [6, 6.07) is 6.20. The van der Waals surface area contributed by atoms with Gasteiger partial charge in [0.1, 0.15) is 16.7 Å². The number of halogens is 2. The summed E-state index contributed by atoms with van der Waals surface area (Å²) in [7, 11) is 0. The average Bonchev–Trinajstić information content (AvgIpc) is 2.98. The number of allylic oxidation sites excluding steroid dienone is 1. The first kappa shape index (κ1) is 20.1. The minimum absolute atomic E-state index is 0.166. The largest absolute Gasteiger partial charge is 0.286 e. The number of pyridine rings is 1. The summed E-state index contributed by atoms with van der Waals surface area (Å²) >= 11 is 2.54. The molecule has 1 aliphatic heterocycles. The summed E-state index contributed by atoms with van der Waals surface area (Å²) in [6.07, 6.45) is 8.21. The summed E-state index contributed by atoms with van der Waals surface area (Å²) < 4.78 is 29.3. The molecule has 0 bridgehead atoms. The van der Waals surface area contributed by atoms with Crippen LogP contribution in [0.3, 0.4) is 0 Å². The highest BCUT2D eigenvalue weighted by atomic mass is 32.2. The summed E-state index contributed by atoms with van der Waals surface area (Å²) in [6.45, 7) is 0. The Balaban J connectivity index is 1.54. The van der Waals surface area contributed by atoms with Crippen molar-refractivity contribution in [1.29, 1.82) is 0 Å². The number of rotatable bonds is 6. The predicted octanol–water partition coefficient (Wildman–Crippen LogP) is 5.43. The Kier molecular flexibility index (Phi) is 6.01. The number of carbonyl (C=O) groups is 2. The molecule has 2 aromatic rings. The minimum Gasteiger partial charge on any atom is -0.286 e. The second kappa shape index (κ2) is 8.67. The minimum atomic E-state index is -0.681. The first-order valence-electron chi connectivity index (χ1n) is 9.30. The normalized spacial score (nSPS) is 19.6. The molecule has 4 rings (SSSR count). The fraction of sp³-hybridized carbons (Fsp3) is 0.286. The van der Waals surface area contributed by atoms with Crippen molar-refractivity contribution in [3.8, 4) is 11.1 Å². The van der Waals surface area contributed by atoms with Gasteiger partial charge in [0.25, 0.3) is 5.24 Å². The van der Waals surface area contributed by atoms with Crippen LogP contribution >= 0.6 is 23.5 Å². The van der Waals surface area contributed by atoms with Crippen molar-refractivity contribution in [2.24, 2.45) is 0 Å². The molecule has 1 N–H and O–H groups in total. The lowest BCUT2D eigenvalue weighted by Crippen LogP contribution is -2.23. The van der Waals surface area contributed by atoms with Gasteiger partial charge in [-0.1, -0.05) is 36.4 Å². The highest BCUT2D eigenvalue weighted by Crippen LogP contribution is 2.40. The fourth-order valence-corrected chi connectivity index (χ4v) is 5.22. The van der Waals surface area contributed by atoms with Crippen LogP contribution in [0.1, 0.15) is 31.2 Å². The van der Waals surface area contributed by atoms with Crippen molar-refractivity contribution in [1.82, 2.24) is 10.3 Å². The van der Waals surface area contributed by atoms with E-state index in [4.69, 9.17) is 0 Å². The molecule has 2 heterocycles. The Morgan fingerprint density at radius 2 is 2.00 bits per heavy atom. The Morgan fingerprint density at radius 3 is 2.62 bits per heavy atom.